The molecule has 0 saturated heterocycles. The van der Waals surface area contributed by atoms with Crippen molar-refractivity contribution in [1.82, 2.24) is 5.32 Å². The van der Waals surface area contributed by atoms with E-state index in [4.69, 9.17) is 16.3 Å². The summed E-state index contributed by atoms with van der Waals surface area (Å²) in [6, 6.07) is 12.7. The number of anilines is 2. The molecule has 0 bridgehead atoms. The standard InChI is InChI=1S/C19H20ClN3O3/c1-12-13(20)6-5-7-14(12)22-18(24)11-23-10-17(19(25)21-2)26-16-9-4-3-8-15(16)23/h3-9,17H,10-11H2,1-2H3,(H,21,25)(H,22,24)/t17-/m1/s1. The number of benzene rings is 2. The average molecular weight is 374 g/mol. The molecule has 3 rings (SSSR count). The van der Waals surface area contributed by atoms with Gasteiger partial charge in [-0.25, -0.2) is 0 Å². The Morgan fingerprint density at radius 3 is 2.77 bits per heavy atom. The Bertz CT molecular complexity index is 841. The number of halogens is 1. The number of carbonyl (C=O) groups is 2. The summed E-state index contributed by atoms with van der Waals surface area (Å²) in [6.07, 6.45) is -0.671. The molecule has 6 nitrogen and oxygen atoms in total. The number of hydrogen-bond acceptors (Lipinski definition) is 4. The number of para-hydroxylation sites is 2. The first-order chi connectivity index (χ1) is 12.5. The van der Waals surface area contributed by atoms with Gasteiger partial charge in [0.1, 0.15) is 5.75 Å². The van der Waals surface area contributed by atoms with Crippen LogP contribution in [0.1, 0.15) is 5.56 Å². The van der Waals surface area contributed by atoms with Gasteiger partial charge in [-0.15, -0.1) is 0 Å². The average Bonchev–Trinajstić information content (AvgIpc) is 2.64. The van der Waals surface area contributed by atoms with Gasteiger partial charge in [0.25, 0.3) is 5.91 Å². The molecule has 0 spiro atoms. The highest BCUT2D eigenvalue weighted by Gasteiger charge is 2.31. The number of nitrogens with zero attached hydrogens (tertiary/aromatic N) is 1. The summed E-state index contributed by atoms with van der Waals surface area (Å²) in [4.78, 5) is 26.4. The van der Waals surface area contributed by atoms with Crippen LogP contribution in [0.15, 0.2) is 42.5 Å². The maximum Gasteiger partial charge on any atom is 0.262 e. The molecule has 136 valence electrons. The van der Waals surface area contributed by atoms with Gasteiger partial charge in [-0.1, -0.05) is 29.8 Å². The summed E-state index contributed by atoms with van der Waals surface area (Å²) in [5.74, 6) is 0.164. The van der Waals surface area contributed by atoms with Gasteiger partial charge in [-0.2, -0.15) is 0 Å². The lowest BCUT2D eigenvalue weighted by atomic mass is 10.1. The quantitative estimate of drug-likeness (QED) is 0.864. The van der Waals surface area contributed by atoms with Crippen LogP contribution in [-0.4, -0.2) is 38.1 Å². The third-order valence-corrected chi connectivity index (χ3v) is 4.69. The molecule has 2 aromatic carbocycles. The topological polar surface area (TPSA) is 70.7 Å². The molecule has 0 fully saturated rings. The first-order valence-corrected chi connectivity index (χ1v) is 8.64. The second-order valence-electron chi connectivity index (χ2n) is 6.03. The van der Waals surface area contributed by atoms with Crippen molar-refractivity contribution in [2.45, 2.75) is 13.0 Å². The lowest BCUT2D eigenvalue weighted by Crippen LogP contribution is -2.50. The first kappa shape index (κ1) is 18.1. The summed E-state index contributed by atoms with van der Waals surface area (Å²) < 4.78 is 5.75. The van der Waals surface area contributed by atoms with Crippen LogP contribution < -0.4 is 20.3 Å². The molecule has 26 heavy (non-hydrogen) atoms. The number of ether oxygens (including phenoxy) is 1. The molecule has 2 aromatic rings. The van der Waals surface area contributed by atoms with Crippen molar-refractivity contribution >= 4 is 34.8 Å². The molecule has 7 heteroatoms. The fourth-order valence-corrected chi connectivity index (χ4v) is 3.03. The molecular formula is C19H20ClN3O3. The molecule has 1 aliphatic rings. The number of rotatable bonds is 4. The Kier molecular flexibility index (Phi) is 5.32. The van der Waals surface area contributed by atoms with Crippen LogP contribution in [0.2, 0.25) is 5.02 Å². The normalized spacial score (nSPS) is 15.7. The van der Waals surface area contributed by atoms with Crippen LogP contribution in [0.4, 0.5) is 11.4 Å². The SMILES string of the molecule is CNC(=O)[C@H]1CN(CC(=O)Nc2cccc(Cl)c2C)c2ccccc2O1. The lowest BCUT2D eigenvalue weighted by Gasteiger charge is -2.35. The minimum absolute atomic E-state index is 0.0970. The second kappa shape index (κ2) is 7.66. The summed E-state index contributed by atoms with van der Waals surface area (Å²) >= 11 is 6.10. The van der Waals surface area contributed by atoms with Crippen molar-refractivity contribution in [3.8, 4) is 5.75 Å². The predicted octanol–water partition coefficient (Wildman–Crippen LogP) is 2.60. The van der Waals surface area contributed by atoms with Crippen LogP contribution >= 0.6 is 11.6 Å². The van der Waals surface area contributed by atoms with Gasteiger partial charge in [0.05, 0.1) is 18.8 Å². The van der Waals surface area contributed by atoms with Crippen molar-refractivity contribution in [1.29, 1.82) is 0 Å². The highest BCUT2D eigenvalue weighted by molar-refractivity contribution is 6.31. The van der Waals surface area contributed by atoms with Crippen molar-refractivity contribution in [2.75, 3.05) is 30.4 Å². The summed E-state index contributed by atoms with van der Waals surface area (Å²) in [6.45, 7) is 2.24. The third-order valence-electron chi connectivity index (χ3n) is 4.28. The molecule has 2 amide bonds. The van der Waals surface area contributed by atoms with Crippen molar-refractivity contribution in [3.05, 3.63) is 53.1 Å². The number of carbonyl (C=O) groups excluding carboxylic acids is 2. The van der Waals surface area contributed by atoms with E-state index in [0.29, 0.717) is 23.0 Å². The summed E-state index contributed by atoms with van der Waals surface area (Å²) in [7, 11) is 1.56. The highest BCUT2D eigenvalue weighted by atomic mass is 35.5. The van der Waals surface area contributed by atoms with Gasteiger partial charge >= 0.3 is 0 Å². The largest absolute Gasteiger partial charge is 0.477 e. The molecule has 0 aliphatic carbocycles. The molecule has 1 atom stereocenters. The molecule has 2 N–H and O–H groups in total. The van der Waals surface area contributed by atoms with Gasteiger partial charge in [-0.05, 0) is 36.8 Å². The number of hydrogen-bond donors (Lipinski definition) is 2. The molecule has 0 radical (unpaired) electrons. The van der Waals surface area contributed by atoms with Gasteiger partial charge in [0.15, 0.2) is 6.10 Å². The number of amides is 2. The minimum Gasteiger partial charge on any atom is -0.477 e. The summed E-state index contributed by atoms with van der Waals surface area (Å²) in [5, 5.41) is 6.06. The van der Waals surface area contributed by atoms with E-state index in [1.807, 2.05) is 30.0 Å². The molecule has 0 unspecified atom stereocenters. The van der Waals surface area contributed by atoms with Crippen molar-refractivity contribution in [2.24, 2.45) is 0 Å². The molecule has 0 saturated carbocycles. The second-order valence-corrected chi connectivity index (χ2v) is 6.44. The molecule has 1 aliphatic heterocycles. The zero-order valence-electron chi connectivity index (χ0n) is 14.6. The number of likely N-dealkylation sites (N-methyl/N-ethyl adjacent to an activating group) is 1. The highest BCUT2D eigenvalue weighted by Crippen LogP contribution is 2.33. The Balaban J connectivity index is 1.78. The minimum atomic E-state index is -0.671. The molecular weight excluding hydrogens is 354 g/mol. The number of fused-ring (bicyclic) bond motifs is 1. The Morgan fingerprint density at radius 2 is 2.00 bits per heavy atom. The van der Waals surface area contributed by atoms with Crippen LogP contribution in [0.25, 0.3) is 0 Å². The number of nitrogens with one attached hydrogen (secondary N) is 2. The zero-order valence-corrected chi connectivity index (χ0v) is 15.3. The van der Waals surface area contributed by atoms with E-state index in [-0.39, 0.29) is 18.4 Å². The van der Waals surface area contributed by atoms with Gasteiger partial charge in [-0.3, -0.25) is 9.59 Å². The fourth-order valence-electron chi connectivity index (χ4n) is 2.86. The van der Waals surface area contributed by atoms with E-state index < -0.39 is 6.10 Å². The maximum atomic E-state index is 12.6. The van der Waals surface area contributed by atoms with E-state index in [1.165, 1.54) is 0 Å². The third kappa shape index (κ3) is 3.75. The Morgan fingerprint density at radius 1 is 1.23 bits per heavy atom. The van der Waals surface area contributed by atoms with Crippen LogP contribution in [0, 0.1) is 6.92 Å². The van der Waals surface area contributed by atoms with Gasteiger partial charge < -0.3 is 20.3 Å². The van der Waals surface area contributed by atoms with Gasteiger partial charge in [0.2, 0.25) is 5.91 Å². The predicted molar refractivity (Wildman–Crippen MR) is 102 cm³/mol. The maximum absolute atomic E-state index is 12.6. The van der Waals surface area contributed by atoms with Gasteiger partial charge in [0, 0.05) is 17.8 Å². The van der Waals surface area contributed by atoms with E-state index in [0.717, 1.165) is 11.3 Å². The monoisotopic (exact) mass is 373 g/mol. The zero-order chi connectivity index (χ0) is 18.7. The van der Waals surface area contributed by atoms with E-state index >= 15 is 0 Å². The van der Waals surface area contributed by atoms with Crippen molar-refractivity contribution < 1.29 is 14.3 Å². The van der Waals surface area contributed by atoms with Crippen LogP contribution in [0.3, 0.4) is 0 Å². The fraction of sp³-hybridized carbons (Fsp3) is 0.263. The Hall–Kier alpha value is -2.73. The van der Waals surface area contributed by atoms with Crippen molar-refractivity contribution in [3.63, 3.8) is 0 Å². The van der Waals surface area contributed by atoms with Crippen LogP contribution in [0.5, 0.6) is 5.75 Å². The smallest absolute Gasteiger partial charge is 0.262 e. The summed E-state index contributed by atoms with van der Waals surface area (Å²) in [5.41, 5.74) is 2.27. The molecule has 1 heterocycles. The lowest BCUT2D eigenvalue weighted by molar-refractivity contribution is -0.127. The van der Waals surface area contributed by atoms with Crippen LogP contribution in [-0.2, 0) is 9.59 Å². The molecule has 0 aromatic heterocycles. The van der Waals surface area contributed by atoms with E-state index in [2.05, 4.69) is 10.6 Å². The van der Waals surface area contributed by atoms with E-state index in [1.54, 1.807) is 31.3 Å². The first-order valence-electron chi connectivity index (χ1n) is 8.26. The van der Waals surface area contributed by atoms with E-state index in [9.17, 15) is 9.59 Å². The Labute approximate surface area is 157 Å².